The van der Waals surface area contributed by atoms with Crippen LogP contribution in [0.2, 0.25) is 0 Å². The van der Waals surface area contributed by atoms with Gasteiger partial charge in [-0.1, -0.05) is 6.07 Å². The molecule has 1 aliphatic rings. The Morgan fingerprint density at radius 3 is 3.06 bits per heavy atom. The number of hydrogen-bond acceptors (Lipinski definition) is 4. The molecule has 0 spiro atoms. The van der Waals surface area contributed by atoms with E-state index in [1.165, 1.54) is 5.56 Å². The highest BCUT2D eigenvalue weighted by Crippen LogP contribution is 2.27. The van der Waals surface area contributed by atoms with Crippen LogP contribution in [0.1, 0.15) is 23.6 Å². The highest BCUT2D eigenvalue weighted by Gasteiger charge is 2.18. The smallest absolute Gasteiger partial charge is 0.272 e. The molecule has 94 valence electrons. The fraction of sp³-hybridized carbons (Fsp3) is 0.385. The van der Waals surface area contributed by atoms with Crippen LogP contribution in [0.5, 0.6) is 0 Å². The molecular weight excluding hydrogens is 230 g/mol. The Hall–Kier alpha value is -1.72. The first-order valence-electron chi connectivity index (χ1n) is 6.08. The van der Waals surface area contributed by atoms with Crippen LogP contribution in [0.3, 0.4) is 0 Å². The molecular formula is C13H15N3O2. The first kappa shape index (κ1) is 11.4. The van der Waals surface area contributed by atoms with Gasteiger partial charge in [-0.15, -0.1) is 0 Å². The van der Waals surface area contributed by atoms with Gasteiger partial charge in [0.2, 0.25) is 0 Å². The number of aromatic amines is 1. The predicted octanol–water partition coefficient (Wildman–Crippen LogP) is 0.886. The van der Waals surface area contributed by atoms with E-state index >= 15 is 0 Å². The van der Waals surface area contributed by atoms with Gasteiger partial charge >= 0.3 is 0 Å². The molecule has 0 saturated carbocycles. The lowest BCUT2D eigenvalue weighted by atomic mass is 9.96. The maximum atomic E-state index is 11.7. The van der Waals surface area contributed by atoms with Gasteiger partial charge in [-0.05, 0) is 24.1 Å². The number of nitrogens with one attached hydrogen (secondary N) is 1. The quantitative estimate of drug-likeness (QED) is 0.823. The normalized spacial score (nSPS) is 19.5. The monoisotopic (exact) mass is 245 g/mol. The number of hydrogen-bond donors (Lipinski definition) is 2. The van der Waals surface area contributed by atoms with Crippen molar-refractivity contribution in [2.45, 2.75) is 18.9 Å². The Morgan fingerprint density at radius 2 is 2.33 bits per heavy atom. The van der Waals surface area contributed by atoms with Gasteiger partial charge in [-0.25, -0.2) is 5.10 Å². The van der Waals surface area contributed by atoms with Crippen molar-refractivity contribution in [1.82, 2.24) is 10.2 Å². The summed E-state index contributed by atoms with van der Waals surface area (Å²) in [7, 11) is 0. The van der Waals surface area contributed by atoms with Crippen molar-refractivity contribution in [1.29, 1.82) is 0 Å². The number of nitrogens with zero attached hydrogens (tertiary/aromatic N) is 1. The number of H-pyrrole nitrogens is 1. The molecule has 0 bridgehead atoms. The summed E-state index contributed by atoms with van der Waals surface area (Å²) in [4.78, 5) is 11.7. The van der Waals surface area contributed by atoms with Gasteiger partial charge in [-0.3, -0.25) is 4.79 Å². The van der Waals surface area contributed by atoms with Crippen LogP contribution in [0.25, 0.3) is 10.8 Å². The van der Waals surface area contributed by atoms with E-state index in [9.17, 15) is 4.79 Å². The van der Waals surface area contributed by atoms with Gasteiger partial charge in [0.15, 0.2) is 0 Å². The minimum Gasteiger partial charge on any atom is -0.381 e. The number of aromatic nitrogens is 2. The summed E-state index contributed by atoms with van der Waals surface area (Å²) in [5, 5.41) is 7.97. The lowest BCUT2D eigenvalue weighted by Crippen LogP contribution is -2.13. The third-order valence-corrected chi connectivity index (χ3v) is 3.49. The first-order chi connectivity index (χ1) is 8.79. The third kappa shape index (κ3) is 1.81. The van der Waals surface area contributed by atoms with Crippen molar-refractivity contribution in [2.24, 2.45) is 5.73 Å². The molecule has 1 atom stereocenters. The summed E-state index contributed by atoms with van der Waals surface area (Å²) in [6.45, 7) is 1.87. The Labute approximate surface area is 104 Å². The molecule has 0 radical (unpaired) electrons. The molecule has 5 heteroatoms. The molecule has 5 nitrogen and oxygen atoms in total. The molecule has 18 heavy (non-hydrogen) atoms. The van der Waals surface area contributed by atoms with E-state index in [4.69, 9.17) is 10.5 Å². The Morgan fingerprint density at radius 1 is 1.44 bits per heavy atom. The van der Waals surface area contributed by atoms with Gasteiger partial charge in [-0.2, -0.15) is 5.10 Å². The summed E-state index contributed by atoms with van der Waals surface area (Å²) < 4.78 is 5.40. The first-order valence-corrected chi connectivity index (χ1v) is 6.08. The topological polar surface area (TPSA) is 81.0 Å². The average Bonchev–Trinajstić information content (AvgIpc) is 2.93. The van der Waals surface area contributed by atoms with Crippen LogP contribution < -0.4 is 11.3 Å². The lowest BCUT2D eigenvalue weighted by Gasteiger charge is -2.10. The van der Waals surface area contributed by atoms with E-state index in [-0.39, 0.29) is 5.56 Å². The molecule has 0 aliphatic carbocycles. The molecule has 1 fully saturated rings. The fourth-order valence-electron chi connectivity index (χ4n) is 2.44. The van der Waals surface area contributed by atoms with Gasteiger partial charge < -0.3 is 10.5 Å². The second-order valence-corrected chi connectivity index (χ2v) is 4.57. The number of fused-ring (bicyclic) bond motifs is 1. The van der Waals surface area contributed by atoms with Crippen LogP contribution in [0.15, 0.2) is 23.0 Å². The zero-order chi connectivity index (χ0) is 12.5. The van der Waals surface area contributed by atoms with E-state index in [2.05, 4.69) is 10.2 Å². The van der Waals surface area contributed by atoms with E-state index in [0.29, 0.717) is 17.8 Å². The Balaban J connectivity index is 2.18. The Kier molecular flexibility index (Phi) is 2.85. The molecule has 1 aromatic carbocycles. The molecule has 2 aromatic rings. The van der Waals surface area contributed by atoms with Crippen LogP contribution in [-0.4, -0.2) is 23.4 Å². The van der Waals surface area contributed by atoms with Crippen molar-refractivity contribution in [3.8, 4) is 0 Å². The van der Waals surface area contributed by atoms with Crippen molar-refractivity contribution in [2.75, 3.05) is 13.2 Å². The molecule has 1 saturated heterocycles. The van der Waals surface area contributed by atoms with Crippen molar-refractivity contribution in [3.63, 3.8) is 0 Å². The van der Waals surface area contributed by atoms with Crippen molar-refractivity contribution >= 4 is 10.8 Å². The summed E-state index contributed by atoms with van der Waals surface area (Å²) in [6, 6.07) is 5.87. The summed E-state index contributed by atoms with van der Waals surface area (Å²) in [5.74, 6) is 0.416. The van der Waals surface area contributed by atoms with E-state index in [1.54, 1.807) is 0 Å². The van der Waals surface area contributed by atoms with Gasteiger partial charge in [0.05, 0.1) is 17.7 Å². The van der Waals surface area contributed by atoms with Crippen LogP contribution in [0.4, 0.5) is 0 Å². The molecule has 1 aromatic heterocycles. The highest BCUT2D eigenvalue weighted by molar-refractivity contribution is 5.84. The maximum Gasteiger partial charge on any atom is 0.272 e. The van der Waals surface area contributed by atoms with Crippen LogP contribution >= 0.6 is 0 Å². The number of nitrogens with two attached hydrogens (primary N) is 1. The van der Waals surface area contributed by atoms with Crippen molar-refractivity contribution in [3.05, 3.63) is 39.8 Å². The molecule has 1 unspecified atom stereocenters. The molecule has 3 N–H and O–H groups in total. The zero-order valence-electron chi connectivity index (χ0n) is 9.98. The van der Waals surface area contributed by atoms with Gasteiger partial charge in [0.25, 0.3) is 5.56 Å². The third-order valence-electron chi connectivity index (χ3n) is 3.49. The maximum absolute atomic E-state index is 11.7. The number of benzene rings is 1. The Bertz CT molecular complexity index is 630. The van der Waals surface area contributed by atoms with E-state index in [1.807, 2.05) is 18.2 Å². The SMILES string of the molecule is NCc1n[nH]c(=O)c2ccc(C3CCOC3)cc12. The zero-order valence-corrected chi connectivity index (χ0v) is 9.98. The van der Waals surface area contributed by atoms with E-state index < -0.39 is 0 Å². The minimum absolute atomic E-state index is 0.170. The van der Waals surface area contributed by atoms with Crippen molar-refractivity contribution < 1.29 is 4.74 Å². The number of rotatable bonds is 2. The summed E-state index contributed by atoms with van der Waals surface area (Å²) in [5.41, 5.74) is 7.41. The highest BCUT2D eigenvalue weighted by atomic mass is 16.5. The second kappa shape index (κ2) is 4.51. The molecule has 3 rings (SSSR count). The minimum atomic E-state index is -0.170. The van der Waals surface area contributed by atoms with Gasteiger partial charge in [0, 0.05) is 24.5 Å². The fourth-order valence-corrected chi connectivity index (χ4v) is 2.44. The van der Waals surface area contributed by atoms with Crippen LogP contribution in [-0.2, 0) is 11.3 Å². The van der Waals surface area contributed by atoms with Crippen LogP contribution in [0, 0.1) is 0 Å². The van der Waals surface area contributed by atoms with E-state index in [0.717, 1.165) is 30.7 Å². The largest absolute Gasteiger partial charge is 0.381 e. The average molecular weight is 245 g/mol. The number of ether oxygens (including phenoxy) is 1. The molecule has 1 aliphatic heterocycles. The second-order valence-electron chi connectivity index (χ2n) is 4.57. The standard InChI is InChI=1S/C13H15N3O2/c14-6-12-11-5-8(9-3-4-18-7-9)1-2-10(11)13(17)16-15-12/h1-2,5,9H,3-4,6-7,14H2,(H,16,17). The predicted molar refractivity (Wildman–Crippen MR) is 68.4 cm³/mol. The molecule has 2 heterocycles. The summed E-state index contributed by atoms with van der Waals surface area (Å²) >= 11 is 0. The van der Waals surface area contributed by atoms with Gasteiger partial charge in [0.1, 0.15) is 0 Å². The molecule has 0 amide bonds. The lowest BCUT2D eigenvalue weighted by molar-refractivity contribution is 0.194. The summed E-state index contributed by atoms with van der Waals surface area (Å²) in [6.07, 6.45) is 1.03.